The summed E-state index contributed by atoms with van der Waals surface area (Å²) < 4.78 is 16.6. The first-order chi connectivity index (χ1) is 11.6. The molecule has 3 aromatic rings. The molecule has 124 valence electrons. The Morgan fingerprint density at radius 3 is 2.46 bits per heavy atom. The Hall–Kier alpha value is -1.65. The number of rotatable bonds is 2. The molecule has 0 saturated carbocycles. The van der Waals surface area contributed by atoms with E-state index in [9.17, 15) is 4.39 Å². The van der Waals surface area contributed by atoms with Crippen LogP contribution in [0.25, 0.3) is 16.6 Å². The zero-order valence-electron chi connectivity index (χ0n) is 13.7. The molecule has 0 N–H and O–H groups in total. The number of piperidine rings is 1. The molecule has 0 amide bonds. The van der Waals surface area contributed by atoms with Gasteiger partial charge >= 0.3 is 0 Å². The molecule has 2 nitrogen and oxygen atoms in total. The minimum Gasteiger partial charge on any atom is -0.316 e. The Kier molecular flexibility index (Phi) is 4.19. The summed E-state index contributed by atoms with van der Waals surface area (Å²) in [4.78, 5) is 2.39. The van der Waals surface area contributed by atoms with Crippen LogP contribution >= 0.6 is 15.9 Å². The summed E-state index contributed by atoms with van der Waals surface area (Å²) >= 11 is 3.61. The lowest BCUT2D eigenvalue weighted by Crippen LogP contribution is -2.29. The van der Waals surface area contributed by atoms with Crippen LogP contribution in [0.3, 0.4) is 0 Å². The van der Waals surface area contributed by atoms with Crippen molar-refractivity contribution in [3.63, 3.8) is 0 Å². The highest BCUT2D eigenvalue weighted by molar-refractivity contribution is 9.10. The quantitative estimate of drug-likeness (QED) is 0.576. The van der Waals surface area contributed by atoms with Crippen LogP contribution in [-0.4, -0.2) is 29.6 Å². The highest BCUT2D eigenvalue weighted by Gasteiger charge is 2.22. The molecule has 4 rings (SSSR count). The molecule has 24 heavy (non-hydrogen) atoms. The minimum absolute atomic E-state index is 0.200. The molecular formula is C20H20BrFN2. The molecule has 1 aromatic heterocycles. The van der Waals surface area contributed by atoms with Crippen molar-refractivity contribution >= 4 is 26.8 Å². The topological polar surface area (TPSA) is 8.17 Å². The molecule has 0 spiro atoms. The van der Waals surface area contributed by atoms with E-state index in [1.165, 1.54) is 41.4 Å². The third-order valence-corrected chi connectivity index (χ3v) is 5.55. The van der Waals surface area contributed by atoms with Crippen molar-refractivity contribution in [2.75, 3.05) is 20.1 Å². The van der Waals surface area contributed by atoms with Crippen LogP contribution in [0.4, 0.5) is 4.39 Å². The van der Waals surface area contributed by atoms with Crippen molar-refractivity contribution in [2.24, 2.45) is 0 Å². The van der Waals surface area contributed by atoms with Gasteiger partial charge in [-0.3, -0.25) is 0 Å². The van der Waals surface area contributed by atoms with E-state index in [0.29, 0.717) is 5.92 Å². The summed E-state index contributed by atoms with van der Waals surface area (Å²) in [6.07, 6.45) is 4.62. The summed E-state index contributed by atoms with van der Waals surface area (Å²) in [5, 5.41) is 1.29. The molecule has 2 heterocycles. The number of halogens is 2. The van der Waals surface area contributed by atoms with Crippen molar-refractivity contribution in [3.05, 3.63) is 64.5 Å². The average Bonchev–Trinajstić information content (AvgIpc) is 2.95. The number of hydrogen-bond acceptors (Lipinski definition) is 1. The highest BCUT2D eigenvalue weighted by Crippen LogP contribution is 2.36. The smallest absolute Gasteiger partial charge is 0.123 e. The molecule has 0 unspecified atom stereocenters. The van der Waals surface area contributed by atoms with E-state index in [4.69, 9.17) is 0 Å². The minimum atomic E-state index is -0.200. The maximum Gasteiger partial charge on any atom is 0.123 e. The second-order valence-corrected chi connectivity index (χ2v) is 7.59. The van der Waals surface area contributed by atoms with E-state index in [1.807, 2.05) is 12.1 Å². The molecule has 1 saturated heterocycles. The number of hydrogen-bond donors (Lipinski definition) is 0. The van der Waals surface area contributed by atoms with Gasteiger partial charge < -0.3 is 9.47 Å². The Morgan fingerprint density at radius 1 is 1.04 bits per heavy atom. The molecule has 0 atom stereocenters. The second-order valence-electron chi connectivity index (χ2n) is 6.67. The number of aromatic nitrogens is 1. The number of fused-ring (bicyclic) bond motifs is 1. The van der Waals surface area contributed by atoms with Gasteiger partial charge in [0.1, 0.15) is 5.82 Å². The number of likely N-dealkylation sites (tertiary alicyclic amines) is 1. The maximum absolute atomic E-state index is 13.3. The zero-order chi connectivity index (χ0) is 16.7. The van der Waals surface area contributed by atoms with E-state index in [-0.39, 0.29) is 5.82 Å². The van der Waals surface area contributed by atoms with Gasteiger partial charge in [-0.1, -0.05) is 15.9 Å². The Bertz CT molecular complexity index is 861. The lowest BCUT2D eigenvalue weighted by atomic mass is 9.89. The zero-order valence-corrected chi connectivity index (χ0v) is 15.3. The predicted molar refractivity (Wildman–Crippen MR) is 100 cm³/mol. The SMILES string of the molecule is CN1CCC(c2cn(-c3ccc(F)cc3)c3ccc(Br)cc23)CC1. The molecule has 1 aliphatic heterocycles. The predicted octanol–water partition coefficient (Wildman–Crippen LogP) is 5.34. The third-order valence-electron chi connectivity index (χ3n) is 5.06. The first-order valence-electron chi connectivity index (χ1n) is 8.37. The van der Waals surface area contributed by atoms with Crippen LogP contribution in [0.5, 0.6) is 0 Å². The third kappa shape index (κ3) is 2.89. The van der Waals surface area contributed by atoms with Crippen molar-refractivity contribution in [3.8, 4) is 5.69 Å². The molecule has 1 aliphatic rings. The summed E-state index contributed by atoms with van der Waals surface area (Å²) in [5.74, 6) is 0.383. The van der Waals surface area contributed by atoms with E-state index < -0.39 is 0 Å². The Morgan fingerprint density at radius 2 is 1.75 bits per heavy atom. The Balaban J connectivity index is 1.84. The van der Waals surface area contributed by atoms with Crippen LogP contribution in [0, 0.1) is 5.82 Å². The first kappa shape index (κ1) is 15.9. The van der Waals surface area contributed by atoms with Gasteiger partial charge in [0.05, 0.1) is 5.52 Å². The monoisotopic (exact) mass is 386 g/mol. The van der Waals surface area contributed by atoms with E-state index in [0.717, 1.165) is 23.2 Å². The maximum atomic E-state index is 13.3. The number of benzene rings is 2. The van der Waals surface area contributed by atoms with Crippen molar-refractivity contribution in [1.29, 1.82) is 0 Å². The number of nitrogens with zero attached hydrogens (tertiary/aromatic N) is 2. The van der Waals surface area contributed by atoms with E-state index >= 15 is 0 Å². The largest absolute Gasteiger partial charge is 0.316 e. The van der Waals surface area contributed by atoms with Crippen LogP contribution in [0.15, 0.2) is 53.1 Å². The summed E-state index contributed by atoms with van der Waals surface area (Å²) in [6.45, 7) is 2.28. The fraction of sp³-hybridized carbons (Fsp3) is 0.300. The van der Waals surface area contributed by atoms with Gasteiger partial charge in [-0.05, 0) is 86.9 Å². The van der Waals surface area contributed by atoms with Gasteiger partial charge in [-0.2, -0.15) is 0 Å². The molecular weight excluding hydrogens is 367 g/mol. The normalized spacial score (nSPS) is 16.8. The van der Waals surface area contributed by atoms with Gasteiger partial charge in [0.15, 0.2) is 0 Å². The van der Waals surface area contributed by atoms with Crippen LogP contribution in [0.2, 0.25) is 0 Å². The van der Waals surface area contributed by atoms with E-state index in [2.05, 4.69) is 56.8 Å². The fourth-order valence-corrected chi connectivity index (χ4v) is 4.05. The van der Waals surface area contributed by atoms with Crippen molar-refractivity contribution in [2.45, 2.75) is 18.8 Å². The molecule has 0 aliphatic carbocycles. The van der Waals surface area contributed by atoms with Crippen LogP contribution < -0.4 is 0 Å². The molecule has 0 radical (unpaired) electrons. The molecule has 4 heteroatoms. The highest BCUT2D eigenvalue weighted by atomic mass is 79.9. The summed E-state index contributed by atoms with van der Waals surface area (Å²) in [6, 6.07) is 13.2. The first-order valence-corrected chi connectivity index (χ1v) is 9.16. The lowest BCUT2D eigenvalue weighted by molar-refractivity contribution is 0.256. The van der Waals surface area contributed by atoms with Gasteiger partial charge in [-0.15, -0.1) is 0 Å². The fourth-order valence-electron chi connectivity index (χ4n) is 3.69. The molecule has 1 fully saturated rings. The van der Waals surface area contributed by atoms with Crippen molar-refractivity contribution < 1.29 is 4.39 Å². The average molecular weight is 387 g/mol. The second kappa shape index (κ2) is 6.34. The summed E-state index contributed by atoms with van der Waals surface area (Å²) in [7, 11) is 2.19. The molecule has 0 bridgehead atoms. The Labute approximate surface area is 150 Å². The molecule has 2 aromatic carbocycles. The van der Waals surface area contributed by atoms with Gasteiger partial charge in [-0.25, -0.2) is 4.39 Å². The van der Waals surface area contributed by atoms with Crippen LogP contribution in [0.1, 0.15) is 24.3 Å². The van der Waals surface area contributed by atoms with Crippen molar-refractivity contribution in [1.82, 2.24) is 9.47 Å². The standard InChI is InChI=1S/C20H20BrFN2/c1-23-10-8-14(9-11-23)19-13-24(17-5-3-16(22)4-6-17)20-7-2-15(21)12-18(19)20/h2-7,12-14H,8-11H2,1H3. The lowest BCUT2D eigenvalue weighted by Gasteiger charge is -2.28. The van der Waals surface area contributed by atoms with Gasteiger partial charge in [0.25, 0.3) is 0 Å². The van der Waals surface area contributed by atoms with Gasteiger partial charge in [0, 0.05) is 21.7 Å². The van der Waals surface area contributed by atoms with E-state index in [1.54, 1.807) is 0 Å². The van der Waals surface area contributed by atoms with Crippen LogP contribution in [-0.2, 0) is 0 Å². The van der Waals surface area contributed by atoms with Gasteiger partial charge in [0.2, 0.25) is 0 Å². The summed E-state index contributed by atoms with van der Waals surface area (Å²) in [5.41, 5.74) is 3.59.